The Hall–Kier alpha value is -3.67. The number of carboxylic acids is 2. The average molecular weight is 502 g/mol. The molecule has 0 radical (unpaired) electrons. The van der Waals surface area contributed by atoms with Crippen molar-refractivity contribution in [1.82, 2.24) is 4.90 Å². The first-order chi connectivity index (χ1) is 17.8. The largest absolute Gasteiger partial charge is 0.481 e. The highest BCUT2D eigenvalue weighted by Gasteiger charge is 2.43. The van der Waals surface area contributed by atoms with E-state index in [1.807, 2.05) is 48.5 Å². The van der Waals surface area contributed by atoms with Crippen LogP contribution in [0.1, 0.15) is 74.2 Å². The Morgan fingerprint density at radius 2 is 1.59 bits per heavy atom. The Morgan fingerprint density at radius 3 is 2.30 bits per heavy atom. The van der Waals surface area contributed by atoms with Crippen molar-refractivity contribution >= 4 is 28.6 Å². The second-order valence-electron chi connectivity index (χ2n) is 10.2. The van der Waals surface area contributed by atoms with Crippen LogP contribution in [-0.4, -0.2) is 39.5 Å². The molecule has 194 valence electrons. The molecule has 1 aliphatic rings. The molecular formula is C31H35NO5. The van der Waals surface area contributed by atoms with Crippen molar-refractivity contribution in [3.8, 4) is 11.1 Å². The summed E-state index contributed by atoms with van der Waals surface area (Å²) in [4.78, 5) is 38.8. The van der Waals surface area contributed by atoms with Crippen LogP contribution >= 0.6 is 0 Å². The third-order valence-corrected chi connectivity index (χ3v) is 7.60. The molecular weight excluding hydrogens is 466 g/mol. The molecule has 4 rings (SSSR count). The first-order valence-corrected chi connectivity index (χ1v) is 13.2. The molecule has 1 saturated carbocycles. The number of nitrogens with zero attached hydrogens (tertiary/aromatic N) is 1. The summed E-state index contributed by atoms with van der Waals surface area (Å²) in [7, 11) is 0. The second kappa shape index (κ2) is 11.6. The molecule has 1 fully saturated rings. The molecule has 0 heterocycles. The van der Waals surface area contributed by atoms with E-state index >= 15 is 0 Å². The van der Waals surface area contributed by atoms with Crippen molar-refractivity contribution in [2.45, 2.75) is 64.8 Å². The SMILES string of the molecule is CCCCCC(=O)N(Cc1ccc2cc(-c3ccccc3C(=O)O)ccc2c1)CC1(C(=O)O)CCCC1. The van der Waals surface area contributed by atoms with Gasteiger partial charge in [0.15, 0.2) is 0 Å². The summed E-state index contributed by atoms with van der Waals surface area (Å²) >= 11 is 0. The van der Waals surface area contributed by atoms with Crippen LogP contribution in [0.25, 0.3) is 21.9 Å². The van der Waals surface area contributed by atoms with Gasteiger partial charge in [-0.05, 0) is 64.9 Å². The highest BCUT2D eigenvalue weighted by Crippen LogP contribution is 2.39. The molecule has 0 aromatic heterocycles. The lowest BCUT2D eigenvalue weighted by Gasteiger charge is -2.32. The molecule has 1 aliphatic carbocycles. The molecule has 37 heavy (non-hydrogen) atoms. The van der Waals surface area contributed by atoms with E-state index in [4.69, 9.17) is 0 Å². The monoisotopic (exact) mass is 501 g/mol. The van der Waals surface area contributed by atoms with Crippen molar-refractivity contribution < 1.29 is 24.6 Å². The molecule has 2 N–H and O–H groups in total. The number of hydrogen-bond acceptors (Lipinski definition) is 3. The fourth-order valence-corrected chi connectivity index (χ4v) is 5.48. The van der Waals surface area contributed by atoms with Gasteiger partial charge in [-0.15, -0.1) is 0 Å². The third-order valence-electron chi connectivity index (χ3n) is 7.60. The Morgan fingerprint density at radius 1 is 0.892 bits per heavy atom. The summed E-state index contributed by atoms with van der Waals surface area (Å²) in [5.74, 6) is -1.75. The van der Waals surface area contributed by atoms with Gasteiger partial charge in [0.2, 0.25) is 5.91 Å². The lowest BCUT2D eigenvalue weighted by molar-refractivity contribution is -0.151. The molecule has 6 nitrogen and oxygen atoms in total. The molecule has 6 heteroatoms. The molecule has 0 bridgehead atoms. The zero-order chi connectivity index (χ0) is 26.4. The van der Waals surface area contributed by atoms with E-state index in [1.54, 1.807) is 17.0 Å². The van der Waals surface area contributed by atoms with Gasteiger partial charge in [0.1, 0.15) is 0 Å². The molecule has 0 saturated heterocycles. The maximum atomic E-state index is 13.2. The first-order valence-electron chi connectivity index (χ1n) is 13.2. The van der Waals surface area contributed by atoms with Gasteiger partial charge in [-0.25, -0.2) is 4.79 Å². The number of rotatable bonds is 11. The fourth-order valence-electron chi connectivity index (χ4n) is 5.48. The molecule has 3 aromatic rings. The van der Waals surface area contributed by atoms with Crippen LogP contribution < -0.4 is 0 Å². The lowest BCUT2D eigenvalue weighted by Crippen LogP contribution is -2.44. The van der Waals surface area contributed by atoms with Gasteiger partial charge < -0.3 is 15.1 Å². The van der Waals surface area contributed by atoms with Crippen molar-refractivity contribution in [3.63, 3.8) is 0 Å². The van der Waals surface area contributed by atoms with Gasteiger partial charge in [0.25, 0.3) is 0 Å². The number of aliphatic carboxylic acids is 1. The number of unbranched alkanes of at least 4 members (excludes halogenated alkanes) is 2. The number of aromatic carboxylic acids is 1. The third kappa shape index (κ3) is 6.01. The van der Waals surface area contributed by atoms with Crippen LogP contribution in [0.4, 0.5) is 0 Å². The number of fused-ring (bicyclic) bond motifs is 1. The maximum absolute atomic E-state index is 13.2. The number of carbonyl (C=O) groups is 3. The quantitative estimate of drug-likeness (QED) is 0.283. The van der Waals surface area contributed by atoms with E-state index in [0.717, 1.165) is 54.0 Å². The summed E-state index contributed by atoms with van der Waals surface area (Å²) in [6.45, 7) is 2.72. The van der Waals surface area contributed by atoms with Gasteiger partial charge in [0.05, 0.1) is 11.0 Å². The van der Waals surface area contributed by atoms with E-state index in [1.165, 1.54) is 0 Å². The predicted octanol–water partition coefficient (Wildman–Crippen LogP) is 6.76. The number of hydrogen-bond donors (Lipinski definition) is 2. The minimum Gasteiger partial charge on any atom is -0.481 e. The van der Waals surface area contributed by atoms with E-state index in [2.05, 4.69) is 6.92 Å². The van der Waals surface area contributed by atoms with Gasteiger partial charge in [-0.3, -0.25) is 9.59 Å². The van der Waals surface area contributed by atoms with Gasteiger partial charge in [-0.2, -0.15) is 0 Å². The smallest absolute Gasteiger partial charge is 0.336 e. The van der Waals surface area contributed by atoms with Crippen molar-refractivity contribution in [3.05, 3.63) is 71.8 Å². The number of carboxylic acid groups (broad SMARTS) is 2. The number of amides is 1. The van der Waals surface area contributed by atoms with Gasteiger partial charge in [-0.1, -0.05) is 75.1 Å². The Bertz CT molecular complexity index is 1290. The zero-order valence-electron chi connectivity index (χ0n) is 21.4. The molecule has 1 amide bonds. The molecule has 0 aliphatic heterocycles. The minimum absolute atomic E-state index is 0.0155. The predicted molar refractivity (Wildman–Crippen MR) is 144 cm³/mol. The Kier molecular flexibility index (Phi) is 8.27. The molecule has 3 aromatic carbocycles. The van der Waals surface area contributed by atoms with Gasteiger partial charge in [0, 0.05) is 19.5 Å². The summed E-state index contributed by atoms with van der Waals surface area (Å²) in [5.41, 5.74) is 1.85. The zero-order valence-corrected chi connectivity index (χ0v) is 21.4. The van der Waals surface area contributed by atoms with Crippen LogP contribution in [0.3, 0.4) is 0 Å². The van der Waals surface area contributed by atoms with Crippen molar-refractivity contribution in [1.29, 1.82) is 0 Å². The second-order valence-corrected chi connectivity index (χ2v) is 10.2. The topological polar surface area (TPSA) is 94.9 Å². The molecule has 0 spiro atoms. The summed E-state index contributed by atoms with van der Waals surface area (Å²) in [6.07, 6.45) is 6.23. The van der Waals surface area contributed by atoms with E-state index < -0.39 is 17.4 Å². The Labute approximate surface area is 217 Å². The van der Waals surface area contributed by atoms with Crippen LogP contribution in [0.15, 0.2) is 60.7 Å². The highest BCUT2D eigenvalue weighted by atomic mass is 16.4. The van der Waals surface area contributed by atoms with E-state index in [0.29, 0.717) is 31.4 Å². The van der Waals surface area contributed by atoms with E-state index in [-0.39, 0.29) is 18.0 Å². The van der Waals surface area contributed by atoms with Crippen molar-refractivity contribution in [2.24, 2.45) is 5.41 Å². The summed E-state index contributed by atoms with van der Waals surface area (Å²) < 4.78 is 0. The van der Waals surface area contributed by atoms with Gasteiger partial charge >= 0.3 is 11.9 Å². The summed E-state index contributed by atoms with van der Waals surface area (Å²) in [6, 6.07) is 18.8. The first kappa shape index (κ1) is 26.4. The number of carbonyl (C=O) groups excluding carboxylic acids is 1. The molecule has 0 atom stereocenters. The fraction of sp³-hybridized carbons (Fsp3) is 0.387. The van der Waals surface area contributed by atoms with Crippen LogP contribution in [0, 0.1) is 5.41 Å². The highest BCUT2D eigenvalue weighted by molar-refractivity contribution is 5.98. The van der Waals surface area contributed by atoms with Crippen molar-refractivity contribution in [2.75, 3.05) is 6.54 Å². The average Bonchev–Trinajstić information content (AvgIpc) is 3.38. The summed E-state index contributed by atoms with van der Waals surface area (Å²) in [5, 5.41) is 21.5. The maximum Gasteiger partial charge on any atom is 0.336 e. The minimum atomic E-state index is -0.962. The normalized spacial score (nSPS) is 14.5. The number of benzene rings is 3. The van der Waals surface area contributed by atoms with E-state index in [9.17, 15) is 24.6 Å². The lowest BCUT2D eigenvalue weighted by atomic mass is 9.85. The van der Waals surface area contributed by atoms with Crippen LogP contribution in [0.5, 0.6) is 0 Å². The van der Waals surface area contributed by atoms with Crippen LogP contribution in [-0.2, 0) is 16.1 Å². The molecule has 0 unspecified atom stereocenters. The standard InChI is InChI=1S/C31H35NO5/c1-2-3-4-11-28(33)32(21-31(30(36)37)16-7-8-17-31)20-22-12-13-24-19-25(15-14-23(24)18-22)26-9-5-6-10-27(26)29(34)35/h5-6,9-10,12-15,18-19H,2-4,7-8,11,16-17,20-21H2,1H3,(H,34,35)(H,36,37). The Balaban J connectivity index is 1.60. The van der Waals surface area contributed by atoms with Crippen LogP contribution in [0.2, 0.25) is 0 Å².